The van der Waals surface area contributed by atoms with Crippen molar-refractivity contribution in [2.75, 3.05) is 13.2 Å². The van der Waals surface area contributed by atoms with Crippen molar-refractivity contribution in [3.8, 4) is 6.07 Å². The van der Waals surface area contributed by atoms with Crippen molar-refractivity contribution in [3.05, 3.63) is 34.7 Å². The van der Waals surface area contributed by atoms with Gasteiger partial charge in [-0.3, -0.25) is 0 Å². The van der Waals surface area contributed by atoms with Crippen LogP contribution in [0.2, 0.25) is 0 Å². The molecule has 0 atom stereocenters. The molecule has 80 valence electrons. The van der Waals surface area contributed by atoms with Gasteiger partial charge in [0.1, 0.15) is 6.07 Å². The maximum atomic E-state index is 8.63. The Bertz CT molecular complexity index is 341. The lowest BCUT2D eigenvalue weighted by molar-refractivity contribution is 0.244. The number of nitrogens with zero attached hydrogens (tertiary/aromatic N) is 1. The van der Waals surface area contributed by atoms with Crippen LogP contribution in [-0.4, -0.2) is 13.2 Å². The van der Waals surface area contributed by atoms with Crippen LogP contribution >= 0.6 is 11.3 Å². The monoisotopic (exact) mass is 222 g/mol. The normalized spacial score (nSPS) is 9.53. The van der Waals surface area contributed by atoms with Crippen LogP contribution in [0, 0.1) is 11.3 Å². The summed E-state index contributed by atoms with van der Waals surface area (Å²) >= 11 is 1.61. The van der Waals surface area contributed by atoms with Crippen LogP contribution in [0.5, 0.6) is 0 Å². The minimum absolute atomic E-state index is 0.699. The van der Waals surface area contributed by atoms with Crippen molar-refractivity contribution in [1.29, 1.82) is 5.26 Å². The molecule has 0 aliphatic carbocycles. The lowest BCUT2D eigenvalue weighted by Crippen LogP contribution is -2.15. The van der Waals surface area contributed by atoms with Crippen LogP contribution in [0.25, 0.3) is 0 Å². The minimum Gasteiger partial charge on any atom is -0.502 e. The zero-order chi connectivity index (χ0) is 10.9. The Kier molecular flexibility index (Phi) is 5.52. The summed E-state index contributed by atoms with van der Waals surface area (Å²) < 4.78 is 4.99. The predicted octanol–water partition coefficient (Wildman–Crippen LogP) is 2.26. The number of hydrogen-bond acceptors (Lipinski definition) is 4. The summed E-state index contributed by atoms with van der Waals surface area (Å²) in [6.45, 7) is 5.90. The number of thiophene rings is 1. The standard InChI is InChI=1S/C11H14N2OS/c1-2-14-5-3-4-13-8-11-6-10(7-12)9-15-11/h2,6,9,13H,1,3-5,8H2. The van der Waals surface area contributed by atoms with E-state index in [-0.39, 0.29) is 0 Å². The highest BCUT2D eigenvalue weighted by atomic mass is 32.1. The molecule has 1 rings (SSSR count). The van der Waals surface area contributed by atoms with Gasteiger partial charge in [0.25, 0.3) is 0 Å². The molecule has 4 heteroatoms. The van der Waals surface area contributed by atoms with Crippen molar-refractivity contribution in [3.63, 3.8) is 0 Å². The van der Waals surface area contributed by atoms with Crippen molar-refractivity contribution < 1.29 is 4.74 Å². The molecule has 0 aromatic carbocycles. The fraction of sp³-hybridized carbons (Fsp3) is 0.364. The van der Waals surface area contributed by atoms with E-state index >= 15 is 0 Å². The third-order valence-electron chi connectivity index (χ3n) is 1.82. The van der Waals surface area contributed by atoms with E-state index in [0.29, 0.717) is 6.61 Å². The highest BCUT2D eigenvalue weighted by molar-refractivity contribution is 7.10. The third-order valence-corrected chi connectivity index (χ3v) is 2.75. The number of hydrogen-bond donors (Lipinski definition) is 1. The first kappa shape index (κ1) is 11.8. The number of nitriles is 1. The highest BCUT2D eigenvalue weighted by Crippen LogP contribution is 2.13. The Labute approximate surface area is 94.0 Å². The van der Waals surface area contributed by atoms with E-state index in [1.165, 1.54) is 11.1 Å². The summed E-state index contributed by atoms with van der Waals surface area (Å²) in [6, 6.07) is 4.03. The maximum absolute atomic E-state index is 8.63. The van der Waals surface area contributed by atoms with Crippen molar-refractivity contribution >= 4 is 11.3 Å². The van der Waals surface area contributed by atoms with Crippen molar-refractivity contribution in [1.82, 2.24) is 5.32 Å². The summed E-state index contributed by atoms with van der Waals surface area (Å²) in [5, 5.41) is 13.8. The molecule has 0 radical (unpaired) electrons. The first-order valence-corrected chi connectivity index (χ1v) is 5.65. The van der Waals surface area contributed by atoms with E-state index < -0.39 is 0 Å². The summed E-state index contributed by atoms with van der Waals surface area (Å²) in [6.07, 6.45) is 2.42. The van der Waals surface area contributed by atoms with E-state index in [1.807, 2.05) is 11.4 Å². The van der Waals surface area contributed by atoms with Crippen LogP contribution in [0.1, 0.15) is 16.9 Å². The van der Waals surface area contributed by atoms with Crippen LogP contribution in [0.4, 0.5) is 0 Å². The molecule has 0 fully saturated rings. The van der Waals surface area contributed by atoms with Crippen LogP contribution < -0.4 is 5.32 Å². The summed E-state index contributed by atoms with van der Waals surface area (Å²) in [5.41, 5.74) is 0.742. The number of nitrogens with one attached hydrogen (secondary N) is 1. The van der Waals surface area contributed by atoms with Crippen molar-refractivity contribution in [2.45, 2.75) is 13.0 Å². The molecule has 15 heavy (non-hydrogen) atoms. The highest BCUT2D eigenvalue weighted by Gasteiger charge is 1.97. The average molecular weight is 222 g/mol. The van der Waals surface area contributed by atoms with E-state index in [1.54, 1.807) is 11.3 Å². The molecule has 0 aliphatic rings. The van der Waals surface area contributed by atoms with E-state index in [0.717, 1.165) is 25.1 Å². The summed E-state index contributed by atoms with van der Waals surface area (Å²) in [4.78, 5) is 1.19. The molecule has 0 spiro atoms. The Hall–Kier alpha value is -1.31. The van der Waals surface area contributed by atoms with Gasteiger partial charge in [0.2, 0.25) is 0 Å². The molecule has 0 bridgehead atoms. The zero-order valence-electron chi connectivity index (χ0n) is 8.53. The van der Waals surface area contributed by atoms with Gasteiger partial charge in [0, 0.05) is 16.8 Å². The molecular formula is C11H14N2OS. The molecule has 0 unspecified atom stereocenters. The van der Waals surface area contributed by atoms with Crippen LogP contribution in [0.3, 0.4) is 0 Å². The Morgan fingerprint density at radius 1 is 1.67 bits per heavy atom. The fourth-order valence-corrected chi connectivity index (χ4v) is 1.89. The average Bonchev–Trinajstić information content (AvgIpc) is 2.71. The second-order valence-corrected chi connectivity index (χ2v) is 3.98. The third kappa shape index (κ3) is 4.63. The molecule has 0 amide bonds. The number of ether oxygens (including phenoxy) is 1. The Balaban J connectivity index is 2.10. The molecule has 0 saturated heterocycles. The van der Waals surface area contributed by atoms with E-state index in [4.69, 9.17) is 10.00 Å². The van der Waals surface area contributed by atoms with Crippen LogP contribution in [-0.2, 0) is 11.3 Å². The molecule has 1 aromatic rings. The quantitative estimate of drug-likeness (QED) is 0.568. The molecule has 1 aromatic heterocycles. The smallest absolute Gasteiger partial charge is 0.100 e. The minimum atomic E-state index is 0.699. The molecule has 1 N–H and O–H groups in total. The molecular weight excluding hydrogens is 208 g/mol. The second-order valence-electron chi connectivity index (χ2n) is 2.98. The fourth-order valence-electron chi connectivity index (χ4n) is 1.11. The predicted molar refractivity (Wildman–Crippen MR) is 61.5 cm³/mol. The van der Waals surface area contributed by atoms with Gasteiger partial charge in [-0.1, -0.05) is 6.58 Å². The van der Waals surface area contributed by atoms with Gasteiger partial charge in [-0.25, -0.2) is 0 Å². The molecule has 0 saturated carbocycles. The lowest BCUT2D eigenvalue weighted by atomic mass is 10.3. The van der Waals surface area contributed by atoms with Gasteiger partial charge in [0.05, 0.1) is 18.4 Å². The van der Waals surface area contributed by atoms with Gasteiger partial charge in [-0.2, -0.15) is 5.26 Å². The molecule has 3 nitrogen and oxygen atoms in total. The maximum Gasteiger partial charge on any atom is 0.100 e. The Morgan fingerprint density at radius 3 is 3.20 bits per heavy atom. The van der Waals surface area contributed by atoms with Crippen LogP contribution in [0.15, 0.2) is 24.3 Å². The van der Waals surface area contributed by atoms with Gasteiger partial charge in [-0.15, -0.1) is 11.3 Å². The van der Waals surface area contributed by atoms with Gasteiger partial charge < -0.3 is 10.1 Å². The number of rotatable bonds is 7. The first-order valence-electron chi connectivity index (χ1n) is 4.77. The SMILES string of the molecule is C=COCCCNCc1cc(C#N)cs1. The van der Waals surface area contributed by atoms with Crippen molar-refractivity contribution in [2.24, 2.45) is 0 Å². The summed E-state index contributed by atoms with van der Waals surface area (Å²) in [7, 11) is 0. The van der Waals surface area contributed by atoms with Gasteiger partial charge >= 0.3 is 0 Å². The molecule has 1 heterocycles. The summed E-state index contributed by atoms with van der Waals surface area (Å²) in [5.74, 6) is 0. The largest absolute Gasteiger partial charge is 0.502 e. The van der Waals surface area contributed by atoms with E-state index in [2.05, 4.69) is 18.0 Å². The second kappa shape index (κ2) is 7.04. The topological polar surface area (TPSA) is 45.0 Å². The Morgan fingerprint density at radius 2 is 2.53 bits per heavy atom. The van der Waals surface area contributed by atoms with E-state index in [9.17, 15) is 0 Å². The first-order chi connectivity index (χ1) is 7.36. The lowest BCUT2D eigenvalue weighted by Gasteiger charge is -2.02. The molecule has 0 aliphatic heterocycles. The zero-order valence-corrected chi connectivity index (χ0v) is 9.35. The van der Waals surface area contributed by atoms with Gasteiger partial charge in [0.15, 0.2) is 0 Å². The van der Waals surface area contributed by atoms with Gasteiger partial charge in [-0.05, 0) is 19.0 Å².